The van der Waals surface area contributed by atoms with Crippen molar-refractivity contribution in [3.05, 3.63) is 78.3 Å². The average Bonchev–Trinajstić information content (AvgIpc) is 3.39. The Morgan fingerprint density at radius 3 is 2.75 bits per heavy atom. The first-order chi connectivity index (χ1) is 11.8. The number of allylic oxidation sites excluding steroid dienone is 4. The summed E-state index contributed by atoms with van der Waals surface area (Å²) in [4.78, 5) is 9.59. The van der Waals surface area contributed by atoms with Crippen LogP contribution >= 0.6 is 0 Å². The fourth-order valence-corrected chi connectivity index (χ4v) is 3.60. The predicted octanol–water partition coefficient (Wildman–Crippen LogP) is 5.19. The van der Waals surface area contributed by atoms with Crippen molar-refractivity contribution in [2.45, 2.75) is 13.3 Å². The van der Waals surface area contributed by atoms with E-state index in [0.717, 1.165) is 23.1 Å². The average molecular weight is 310 g/mol. The Labute approximate surface area is 141 Å². The smallest absolute Gasteiger partial charge is 0.159 e. The summed E-state index contributed by atoms with van der Waals surface area (Å²) in [6, 6.07) is 16.9. The maximum absolute atomic E-state index is 4.90. The summed E-state index contributed by atoms with van der Waals surface area (Å²) >= 11 is 0. The van der Waals surface area contributed by atoms with E-state index in [1.807, 2.05) is 6.92 Å². The molecule has 116 valence electrons. The second kappa shape index (κ2) is 5.13. The van der Waals surface area contributed by atoms with Crippen LogP contribution in [0.15, 0.2) is 66.8 Å². The summed E-state index contributed by atoms with van der Waals surface area (Å²) in [5.74, 6) is 2.31. The molecule has 2 heteroatoms. The highest BCUT2D eigenvalue weighted by Crippen LogP contribution is 2.45. The monoisotopic (exact) mass is 310 g/mol. The normalized spacial score (nSPS) is 21.5. The van der Waals surface area contributed by atoms with Crippen molar-refractivity contribution >= 4 is 16.3 Å². The third kappa shape index (κ3) is 2.26. The van der Waals surface area contributed by atoms with E-state index in [0.29, 0.717) is 5.92 Å². The Morgan fingerprint density at radius 2 is 1.83 bits per heavy atom. The number of rotatable bonds is 2. The van der Waals surface area contributed by atoms with Crippen LogP contribution in [-0.2, 0) is 0 Å². The van der Waals surface area contributed by atoms with Gasteiger partial charge in [0.25, 0.3) is 0 Å². The number of hydrogen-bond donors (Lipinski definition) is 0. The van der Waals surface area contributed by atoms with E-state index in [-0.39, 0.29) is 0 Å². The molecule has 2 nitrogen and oxygen atoms in total. The highest BCUT2D eigenvalue weighted by atomic mass is 14.9. The molecule has 2 unspecified atom stereocenters. The topological polar surface area (TPSA) is 25.8 Å². The van der Waals surface area contributed by atoms with Gasteiger partial charge in [-0.05, 0) is 42.0 Å². The molecule has 0 amide bonds. The van der Waals surface area contributed by atoms with Gasteiger partial charge in [0.2, 0.25) is 0 Å². The van der Waals surface area contributed by atoms with Crippen LogP contribution in [0.2, 0.25) is 0 Å². The minimum absolute atomic E-state index is 0.704. The summed E-state index contributed by atoms with van der Waals surface area (Å²) in [7, 11) is 0. The number of hydrogen-bond acceptors (Lipinski definition) is 2. The molecule has 5 rings (SSSR count). The lowest BCUT2D eigenvalue weighted by Crippen LogP contribution is -2.00. The molecule has 0 N–H and O–H groups in total. The number of fused-ring (bicyclic) bond motifs is 2. The molecule has 1 heterocycles. The van der Waals surface area contributed by atoms with Gasteiger partial charge in [0.1, 0.15) is 0 Å². The highest BCUT2D eigenvalue weighted by Gasteiger charge is 2.35. The Bertz CT molecular complexity index is 1010. The first-order valence-corrected chi connectivity index (χ1v) is 8.52. The molecule has 1 saturated carbocycles. The molecule has 24 heavy (non-hydrogen) atoms. The molecule has 0 bridgehead atoms. The third-order valence-electron chi connectivity index (χ3n) is 4.99. The first-order valence-electron chi connectivity index (χ1n) is 8.52. The Balaban J connectivity index is 1.67. The second-order valence-corrected chi connectivity index (χ2v) is 6.79. The van der Waals surface area contributed by atoms with E-state index in [9.17, 15) is 0 Å². The summed E-state index contributed by atoms with van der Waals surface area (Å²) in [6.45, 7) is 2.05. The summed E-state index contributed by atoms with van der Waals surface area (Å²) in [5, 5.41) is 2.48. The lowest BCUT2D eigenvalue weighted by Gasteiger charge is -2.11. The quantitative estimate of drug-likeness (QED) is 0.650. The van der Waals surface area contributed by atoms with E-state index < -0.39 is 0 Å². The first kappa shape index (κ1) is 13.7. The van der Waals surface area contributed by atoms with Crippen molar-refractivity contribution in [2.75, 3.05) is 0 Å². The molecule has 0 radical (unpaired) electrons. The van der Waals surface area contributed by atoms with E-state index >= 15 is 0 Å². The SMILES string of the molecule is Cc1cc(-c2cccc3ccccc23)nc(C2=CC3CC3C=C2)n1. The molecule has 0 spiro atoms. The number of aromatic nitrogens is 2. The predicted molar refractivity (Wildman–Crippen MR) is 98.4 cm³/mol. The van der Waals surface area contributed by atoms with Gasteiger partial charge in [-0.3, -0.25) is 0 Å². The van der Waals surface area contributed by atoms with Crippen molar-refractivity contribution in [1.29, 1.82) is 0 Å². The zero-order chi connectivity index (χ0) is 16.1. The van der Waals surface area contributed by atoms with Crippen LogP contribution in [0, 0.1) is 18.8 Å². The molecule has 2 aliphatic carbocycles. The lowest BCUT2D eigenvalue weighted by atomic mass is 10.0. The van der Waals surface area contributed by atoms with Gasteiger partial charge < -0.3 is 0 Å². The standard InChI is InChI=1S/C22H18N2/c1-14-11-21(20-8-4-6-15-5-2-3-7-19(15)20)24-22(23-14)17-10-9-16-12-18(16)13-17/h2-11,13,16,18H,12H2,1H3. The van der Waals surface area contributed by atoms with E-state index in [2.05, 4.69) is 71.7 Å². The molecular weight excluding hydrogens is 292 g/mol. The second-order valence-electron chi connectivity index (χ2n) is 6.79. The van der Waals surface area contributed by atoms with Gasteiger partial charge in [-0.25, -0.2) is 9.97 Å². The van der Waals surface area contributed by atoms with Crippen LogP contribution in [0.5, 0.6) is 0 Å². The van der Waals surface area contributed by atoms with Gasteiger partial charge in [-0.2, -0.15) is 0 Å². The van der Waals surface area contributed by atoms with E-state index in [1.54, 1.807) is 0 Å². The van der Waals surface area contributed by atoms with Gasteiger partial charge in [-0.1, -0.05) is 60.7 Å². The molecule has 1 fully saturated rings. The van der Waals surface area contributed by atoms with Crippen LogP contribution in [-0.4, -0.2) is 9.97 Å². The number of aryl methyl sites for hydroxylation is 1. The van der Waals surface area contributed by atoms with Crippen LogP contribution in [0.4, 0.5) is 0 Å². The van der Waals surface area contributed by atoms with E-state index in [1.165, 1.54) is 28.3 Å². The highest BCUT2D eigenvalue weighted by molar-refractivity contribution is 5.96. The minimum Gasteiger partial charge on any atom is -0.233 e. The van der Waals surface area contributed by atoms with Crippen molar-refractivity contribution in [1.82, 2.24) is 9.97 Å². The van der Waals surface area contributed by atoms with Crippen LogP contribution in [0.1, 0.15) is 17.9 Å². The number of nitrogens with zero attached hydrogens (tertiary/aromatic N) is 2. The zero-order valence-electron chi connectivity index (χ0n) is 13.6. The van der Waals surface area contributed by atoms with Gasteiger partial charge in [-0.15, -0.1) is 0 Å². The molecule has 2 atom stereocenters. The third-order valence-corrected chi connectivity index (χ3v) is 4.99. The zero-order valence-corrected chi connectivity index (χ0v) is 13.6. The summed E-state index contributed by atoms with van der Waals surface area (Å²) in [6.07, 6.45) is 8.12. The maximum atomic E-state index is 4.90. The molecule has 2 aromatic carbocycles. The Kier molecular flexibility index (Phi) is 2.93. The minimum atomic E-state index is 0.704. The fraction of sp³-hybridized carbons (Fsp3) is 0.182. The molecule has 0 aliphatic heterocycles. The molecular formula is C22H18N2. The van der Waals surface area contributed by atoms with Crippen LogP contribution in [0.25, 0.3) is 27.6 Å². The summed E-state index contributed by atoms with van der Waals surface area (Å²) in [5.41, 5.74) is 4.35. The Morgan fingerprint density at radius 1 is 0.958 bits per heavy atom. The molecule has 3 aromatic rings. The number of benzene rings is 2. The summed E-state index contributed by atoms with van der Waals surface area (Å²) < 4.78 is 0. The van der Waals surface area contributed by atoms with Gasteiger partial charge in [0, 0.05) is 16.8 Å². The van der Waals surface area contributed by atoms with Gasteiger partial charge in [0.15, 0.2) is 5.82 Å². The van der Waals surface area contributed by atoms with Crippen molar-refractivity contribution < 1.29 is 0 Å². The molecule has 2 aliphatic rings. The lowest BCUT2D eigenvalue weighted by molar-refractivity contribution is 0.973. The van der Waals surface area contributed by atoms with Crippen LogP contribution < -0.4 is 0 Å². The van der Waals surface area contributed by atoms with E-state index in [4.69, 9.17) is 4.98 Å². The van der Waals surface area contributed by atoms with Crippen molar-refractivity contribution in [3.63, 3.8) is 0 Å². The largest absolute Gasteiger partial charge is 0.233 e. The van der Waals surface area contributed by atoms with Crippen LogP contribution in [0.3, 0.4) is 0 Å². The Hall–Kier alpha value is -2.74. The fourth-order valence-electron chi connectivity index (χ4n) is 3.60. The maximum Gasteiger partial charge on any atom is 0.159 e. The van der Waals surface area contributed by atoms with Gasteiger partial charge in [0.05, 0.1) is 5.69 Å². The molecule has 1 aromatic heterocycles. The van der Waals surface area contributed by atoms with Crippen molar-refractivity contribution in [3.8, 4) is 11.3 Å². The molecule has 0 saturated heterocycles. The van der Waals surface area contributed by atoms with Gasteiger partial charge >= 0.3 is 0 Å². The van der Waals surface area contributed by atoms with Crippen molar-refractivity contribution in [2.24, 2.45) is 11.8 Å².